The van der Waals surface area contributed by atoms with Crippen LogP contribution in [0, 0.1) is 20.8 Å². The van der Waals surface area contributed by atoms with Crippen molar-refractivity contribution in [3.63, 3.8) is 0 Å². The summed E-state index contributed by atoms with van der Waals surface area (Å²) < 4.78 is 32.4. The Morgan fingerprint density at radius 1 is 1.25 bits per heavy atom. The van der Waals surface area contributed by atoms with Crippen LogP contribution >= 0.6 is 0 Å². The van der Waals surface area contributed by atoms with Gasteiger partial charge in [0.05, 0.1) is 6.54 Å². The molecule has 0 radical (unpaired) electrons. The molecular formula is C13H17N3O3S. The maximum Gasteiger partial charge on any atom is 0.266 e. The van der Waals surface area contributed by atoms with Crippen LogP contribution in [0.5, 0.6) is 0 Å². The van der Waals surface area contributed by atoms with Crippen LogP contribution in [0.25, 0.3) is 0 Å². The van der Waals surface area contributed by atoms with Gasteiger partial charge in [0.15, 0.2) is 0 Å². The quantitative estimate of drug-likeness (QED) is 0.897. The second-order valence-electron chi connectivity index (χ2n) is 4.61. The van der Waals surface area contributed by atoms with Gasteiger partial charge in [-0.15, -0.1) is 0 Å². The molecule has 0 aliphatic carbocycles. The topological polar surface area (TPSA) is 98.2 Å². The second-order valence-corrected chi connectivity index (χ2v) is 6.26. The lowest BCUT2D eigenvalue weighted by Crippen LogP contribution is -2.14. The van der Waals surface area contributed by atoms with Gasteiger partial charge < -0.3 is 10.2 Å². The summed E-state index contributed by atoms with van der Waals surface area (Å²) in [5.74, 6) is 1.02. The van der Waals surface area contributed by atoms with Crippen LogP contribution in [0.2, 0.25) is 0 Å². The lowest BCUT2D eigenvalue weighted by atomic mass is 10.2. The molecule has 0 saturated carbocycles. The third-order valence-corrected chi connectivity index (χ3v) is 4.21. The summed E-state index contributed by atoms with van der Waals surface area (Å²) in [7, 11) is -3.73. The fourth-order valence-electron chi connectivity index (χ4n) is 1.98. The number of sulfonamides is 1. The number of nitrogens with one attached hydrogen (secondary N) is 1. The van der Waals surface area contributed by atoms with E-state index in [0.717, 1.165) is 11.3 Å². The van der Waals surface area contributed by atoms with Crippen LogP contribution in [-0.4, -0.2) is 13.4 Å². The normalized spacial score (nSPS) is 11.6. The van der Waals surface area contributed by atoms with Gasteiger partial charge in [0.25, 0.3) is 10.0 Å². The van der Waals surface area contributed by atoms with Gasteiger partial charge in [-0.25, -0.2) is 13.4 Å². The van der Waals surface area contributed by atoms with Crippen LogP contribution < -0.4 is 10.5 Å². The van der Waals surface area contributed by atoms with E-state index in [2.05, 4.69) is 9.71 Å². The highest BCUT2D eigenvalue weighted by molar-refractivity contribution is 7.92. The first kappa shape index (κ1) is 14.5. The number of hydrogen-bond donors (Lipinski definition) is 2. The molecule has 0 amide bonds. The van der Waals surface area contributed by atoms with Crippen molar-refractivity contribution in [2.75, 3.05) is 4.72 Å². The Morgan fingerprint density at radius 2 is 1.95 bits per heavy atom. The van der Waals surface area contributed by atoms with E-state index in [0.29, 0.717) is 11.5 Å². The van der Waals surface area contributed by atoms with Crippen molar-refractivity contribution in [2.24, 2.45) is 5.73 Å². The number of rotatable bonds is 4. The van der Waals surface area contributed by atoms with E-state index in [1.807, 2.05) is 13.0 Å². The monoisotopic (exact) mass is 295 g/mol. The molecule has 0 atom stereocenters. The number of nitrogens with two attached hydrogens (primary N) is 1. The van der Waals surface area contributed by atoms with Crippen LogP contribution in [0.3, 0.4) is 0 Å². The van der Waals surface area contributed by atoms with Crippen molar-refractivity contribution in [3.05, 3.63) is 41.0 Å². The van der Waals surface area contributed by atoms with Crippen molar-refractivity contribution >= 4 is 15.8 Å². The van der Waals surface area contributed by atoms with Gasteiger partial charge >= 0.3 is 0 Å². The molecule has 7 heteroatoms. The molecule has 6 nitrogen and oxygen atoms in total. The Hall–Kier alpha value is -1.86. The molecule has 108 valence electrons. The molecule has 0 fully saturated rings. The SMILES string of the molecule is Cc1cc(C)nc(NS(=O)(=O)c2cc(CN)oc2C)c1. The number of nitrogens with zero attached hydrogens (tertiary/aromatic N) is 1. The summed E-state index contributed by atoms with van der Waals surface area (Å²) in [6.07, 6.45) is 0. The zero-order valence-corrected chi connectivity index (χ0v) is 12.4. The average molecular weight is 295 g/mol. The van der Waals surface area contributed by atoms with Crippen molar-refractivity contribution in [2.45, 2.75) is 32.2 Å². The predicted molar refractivity (Wildman–Crippen MR) is 75.9 cm³/mol. The van der Waals surface area contributed by atoms with Gasteiger partial charge in [0, 0.05) is 11.8 Å². The molecule has 2 heterocycles. The zero-order valence-electron chi connectivity index (χ0n) is 11.6. The van der Waals surface area contributed by atoms with Crippen molar-refractivity contribution in [1.29, 1.82) is 0 Å². The number of anilines is 1. The minimum atomic E-state index is -3.73. The highest BCUT2D eigenvalue weighted by atomic mass is 32.2. The minimum Gasteiger partial charge on any atom is -0.464 e. The van der Waals surface area contributed by atoms with Gasteiger partial charge in [-0.3, -0.25) is 4.72 Å². The fourth-order valence-corrected chi connectivity index (χ4v) is 3.17. The highest BCUT2D eigenvalue weighted by Gasteiger charge is 2.21. The Labute approximate surface area is 118 Å². The summed E-state index contributed by atoms with van der Waals surface area (Å²) in [6.45, 7) is 5.42. The molecule has 0 bridgehead atoms. The molecule has 0 saturated heterocycles. The van der Waals surface area contributed by atoms with Crippen molar-refractivity contribution in [3.8, 4) is 0 Å². The third kappa shape index (κ3) is 3.00. The first-order valence-corrected chi connectivity index (χ1v) is 7.57. The zero-order chi connectivity index (χ0) is 14.9. The largest absolute Gasteiger partial charge is 0.464 e. The summed E-state index contributed by atoms with van der Waals surface area (Å²) in [6, 6.07) is 4.97. The van der Waals surface area contributed by atoms with Crippen LogP contribution in [0.15, 0.2) is 27.5 Å². The molecule has 0 aliphatic heterocycles. The van der Waals surface area contributed by atoms with Crippen molar-refractivity contribution in [1.82, 2.24) is 4.98 Å². The lowest BCUT2D eigenvalue weighted by Gasteiger charge is -2.07. The summed E-state index contributed by atoms with van der Waals surface area (Å²) in [5, 5.41) is 0. The van der Waals surface area contributed by atoms with Crippen molar-refractivity contribution < 1.29 is 12.8 Å². The minimum absolute atomic E-state index is 0.0823. The van der Waals surface area contributed by atoms with E-state index in [-0.39, 0.29) is 17.3 Å². The van der Waals surface area contributed by atoms with Gasteiger partial charge in [0.2, 0.25) is 0 Å². The van der Waals surface area contributed by atoms with Crippen LogP contribution in [0.1, 0.15) is 22.8 Å². The van der Waals surface area contributed by atoms with E-state index in [9.17, 15) is 8.42 Å². The Balaban J connectivity index is 2.37. The van der Waals surface area contributed by atoms with E-state index in [4.69, 9.17) is 10.2 Å². The molecule has 2 aromatic heterocycles. The number of aromatic nitrogens is 1. The van der Waals surface area contributed by atoms with Gasteiger partial charge in [-0.05, 0) is 38.5 Å². The molecule has 2 aromatic rings. The molecule has 0 spiro atoms. The van der Waals surface area contributed by atoms with Gasteiger partial charge in [-0.2, -0.15) is 0 Å². The fraction of sp³-hybridized carbons (Fsp3) is 0.308. The number of pyridine rings is 1. The molecule has 2 rings (SSSR count). The second kappa shape index (κ2) is 5.26. The first-order chi connectivity index (χ1) is 9.31. The van der Waals surface area contributed by atoms with Crippen LogP contribution in [-0.2, 0) is 16.6 Å². The van der Waals surface area contributed by atoms with Crippen LogP contribution in [0.4, 0.5) is 5.82 Å². The Kier molecular flexibility index (Phi) is 3.82. The lowest BCUT2D eigenvalue weighted by molar-refractivity contribution is 0.479. The maximum atomic E-state index is 12.3. The summed E-state index contributed by atoms with van der Waals surface area (Å²) in [5.41, 5.74) is 7.12. The predicted octanol–water partition coefficient (Wildman–Crippen LogP) is 1.86. The number of furan rings is 1. The third-order valence-electron chi connectivity index (χ3n) is 2.75. The highest BCUT2D eigenvalue weighted by Crippen LogP contribution is 2.22. The molecule has 0 aromatic carbocycles. The van der Waals surface area contributed by atoms with E-state index >= 15 is 0 Å². The average Bonchev–Trinajstić information content (AvgIpc) is 2.69. The van der Waals surface area contributed by atoms with E-state index < -0.39 is 10.0 Å². The molecule has 20 heavy (non-hydrogen) atoms. The van der Waals surface area contributed by atoms with Gasteiger partial charge in [-0.1, -0.05) is 0 Å². The van der Waals surface area contributed by atoms with E-state index in [1.54, 1.807) is 19.9 Å². The van der Waals surface area contributed by atoms with Gasteiger partial charge in [0.1, 0.15) is 22.2 Å². The smallest absolute Gasteiger partial charge is 0.266 e. The molecule has 3 N–H and O–H groups in total. The summed E-state index contributed by atoms with van der Waals surface area (Å²) in [4.78, 5) is 4.24. The maximum absolute atomic E-state index is 12.3. The molecule has 0 aliphatic rings. The number of hydrogen-bond acceptors (Lipinski definition) is 5. The Morgan fingerprint density at radius 3 is 2.50 bits per heavy atom. The molecular weight excluding hydrogens is 278 g/mol. The first-order valence-electron chi connectivity index (χ1n) is 6.09. The number of aryl methyl sites for hydroxylation is 3. The Bertz CT molecular complexity index is 715. The molecule has 0 unspecified atom stereocenters. The standard InChI is InChI=1S/C13H17N3O3S/c1-8-4-9(2)15-13(5-8)16-20(17,18)12-6-11(7-14)19-10(12)3/h4-6H,7,14H2,1-3H3,(H,15,16). The van der Waals surface area contributed by atoms with E-state index in [1.165, 1.54) is 6.07 Å². The summed E-state index contributed by atoms with van der Waals surface area (Å²) >= 11 is 0.